The summed E-state index contributed by atoms with van der Waals surface area (Å²) in [4.78, 5) is 7.19. The minimum absolute atomic E-state index is 0. The zero-order valence-corrected chi connectivity index (χ0v) is 20.1. The van der Waals surface area contributed by atoms with E-state index in [1.165, 1.54) is 18.4 Å². The molecule has 0 aliphatic carbocycles. The molecule has 2 aromatic rings. The van der Waals surface area contributed by atoms with Gasteiger partial charge in [0, 0.05) is 31.2 Å². The molecule has 164 valence electrons. The second-order valence-electron chi connectivity index (χ2n) is 7.30. The van der Waals surface area contributed by atoms with Crippen LogP contribution in [-0.2, 0) is 13.1 Å². The lowest BCUT2D eigenvalue weighted by Crippen LogP contribution is -2.44. The van der Waals surface area contributed by atoms with E-state index in [2.05, 4.69) is 57.8 Å². The number of hydrogen-bond acceptors (Lipinski definition) is 4. The first-order valence-corrected chi connectivity index (χ1v) is 10.4. The van der Waals surface area contributed by atoms with Gasteiger partial charge in [-0.1, -0.05) is 42.5 Å². The molecule has 2 aromatic carbocycles. The summed E-state index contributed by atoms with van der Waals surface area (Å²) in [6.07, 6.45) is 2.42. The summed E-state index contributed by atoms with van der Waals surface area (Å²) in [7, 11) is 1.55. The highest BCUT2D eigenvalue weighted by atomic mass is 127. The number of aliphatic imine (C=N–C) groups is 1. The molecule has 1 saturated heterocycles. The maximum atomic E-state index is 10.3. The Morgan fingerprint density at radius 3 is 2.70 bits per heavy atom. The minimum atomic E-state index is 0. The zero-order valence-electron chi connectivity index (χ0n) is 17.8. The van der Waals surface area contributed by atoms with E-state index >= 15 is 0 Å². The van der Waals surface area contributed by atoms with Gasteiger partial charge in [0.25, 0.3) is 0 Å². The standard InChI is InChI=1S/C23H32N4O2.HI/c1-3-24-23(25-15-19-11-7-13-21(29-2)22(19)28)26-16-20-12-8-14-27(20)17-18-9-5-4-6-10-18;/h4-7,9-11,13,20,28H,3,8,12,14-17H2,1-2H3,(H2,24,25,26);1H. The molecule has 0 spiro atoms. The number of ether oxygens (including phenoxy) is 1. The molecule has 0 bridgehead atoms. The first-order chi connectivity index (χ1) is 14.2. The van der Waals surface area contributed by atoms with E-state index in [0.29, 0.717) is 18.3 Å². The molecule has 30 heavy (non-hydrogen) atoms. The number of phenolic OH excluding ortho intramolecular Hbond substituents is 1. The minimum Gasteiger partial charge on any atom is -0.504 e. The molecule has 1 aliphatic rings. The fraction of sp³-hybridized carbons (Fsp3) is 0.435. The van der Waals surface area contributed by atoms with Crippen LogP contribution in [0.15, 0.2) is 53.5 Å². The Balaban J connectivity index is 0.00000320. The number of benzene rings is 2. The van der Waals surface area contributed by atoms with Gasteiger partial charge in [-0.05, 0) is 37.9 Å². The predicted octanol–water partition coefficient (Wildman–Crippen LogP) is 3.74. The lowest BCUT2D eigenvalue weighted by atomic mass is 10.2. The summed E-state index contributed by atoms with van der Waals surface area (Å²) >= 11 is 0. The maximum Gasteiger partial charge on any atom is 0.191 e. The van der Waals surface area contributed by atoms with Crippen LogP contribution in [0.5, 0.6) is 11.5 Å². The molecule has 3 N–H and O–H groups in total. The number of nitrogens with one attached hydrogen (secondary N) is 2. The first kappa shape index (κ1) is 24.3. The Kier molecular flexibility index (Phi) is 10.2. The summed E-state index contributed by atoms with van der Waals surface area (Å²) in [5, 5.41) is 17.0. The van der Waals surface area contributed by atoms with Gasteiger partial charge < -0.3 is 20.5 Å². The molecule has 1 heterocycles. The van der Waals surface area contributed by atoms with Gasteiger partial charge in [-0.15, -0.1) is 24.0 Å². The number of aromatic hydroxyl groups is 1. The van der Waals surface area contributed by atoms with E-state index in [9.17, 15) is 5.11 Å². The summed E-state index contributed by atoms with van der Waals surface area (Å²) in [6, 6.07) is 16.6. The van der Waals surface area contributed by atoms with Gasteiger partial charge in [-0.25, -0.2) is 4.99 Å². The van der Waals surface area contributed by atoms with Crippen LogP contribution in [0.3, 0.4) is 0 Å². The van der Waals surface area contributed by atoms with Gasteiger partial charge in [0.05, 0.1) is 13.7 Å². The highest BCUT2D eigenvalue weighted by molar-refractivity contribution is 14.0. The SMILES string of the molecule is CCNC(=NCc1cccc(OC)c1O)NCC1CCCN1Cc1ccccc1.I. The predicted molar refractivity (Wildman–Crippen MR) is 133 cm³/mol. The largest absolute Gasteiger partial charge is 0.504 e. The van der Waals surface area contributed by atoms with Crippen molar-refractivity contribution in [1.82, 2.24) is 15.5 Å². The van der Waals surface area contributed by atoms with Crippen LogP contribution in [0.2, 0.25) is 0 Å². The molecular weight excluding hydrogens is 491 g/mol. The number of hydrogen-bond donors (Lipinski definition) is 3. The van der Waals surface area contributed by atoms with Crippen molar-refractivity contribution in [3.8, 4) is 11.5 Å². The van der Waals surface area contributed by atoms with Crippen LogP contribution < -0.4 is 15.4 Å². The fourth-order valence-electron chi connectivity index (χ4n) is 3.73. The van der Waals surface area contributed by atoms with Crippen LogP contribution in [0, 0.1) is 0 Å². The fourth-order valence-corrected chi connectivity index (χ4v) is 3.73. The van der Waals surface area contributed by atoms with Crippen molar-refractivity contribution in [2.75, 3.05) is 26.7 Å². The highest BCUT2D eigenvalue weighted by Crippen LogP contribution is 2.29. The Morgan fingerprint density at radius 1 is 1.17 bits per heavy atom. The average Bonchev–Trinajstić information content (AvgIpc) is 3.18. The van der Waals surface area contributed by atoms with Crippen molar-refractivity contribution in [2.24, 2.45) is 4.99 Å². The zero-order chi connectivity index (χ0) is 20.5. The molecular formula is C23H33IN4O2. The number of phenols is 1. The van der Waals surface area contributed by atoms with E-state index in [1.807, 2.05) is 12.1 Å². The molecule has 0 aromatic heterocycles. The van der Waals surface area contributed by atoms with Gasteiger partial charge in [0.1, 0.15) is 0 Å². The van der Waals surface area contributed by atoms with E-state index in [-0.39, 0.29) is 29.7 Å². The van der Waals surface area contributed by atoms with Crippen LogP contribution >= 0.6 is 24.0 Å². The van der Waals surface area contributed by atoms with Crippen molar-refractivity contribution >= 4 is 29.9 Å². The Labute approximate surface area is 196 Å². The lowest BCUT2D eigenvalue weighted by molar-refractivity contribution is 0.245. The molecule has 1 unspecified atom stereocenters. The number of methoxy groups -OCH3 is 1. The molecule has 1 fully saturated rings. The summed E-state index contributed by atoms with van der Waals surface area (Å²) in [6.45, 7) is 6.19. The number of para-hydroxylation sites is 1. The Bertz CT molecular complexity index is 801. The van der Waals surface area contributed by atoms with Crippen molar-refractivity contribution < 1.29 is 9.84 Å². The maximum absolute atomic E-state index is 10.3. The van der Waals surface area contributed by atoms with Gasteiger partial charge in [0.15, 0.2) is 17.5 Å². The molecule has 1 aliphatic heterocycles. The smallest absolute Gasteiger partial charge is 0.191 e. The van der Waals surface area contributed by atoms with E-state index in [0.717, 1.165) is 37.7 Å². The Hall–Kier alpha value is -2.00. The highest BCUT2D eigenvalue weighted by Gasteiger charge is 2.24. The van der Waals surface area contributed by atoms with Crippen LogP contribution in [0.4, 0.5) is 0 Å². The third-order valence-electron chi connectivity index (χ3n) is 5.29. The second-order valence-corrected chi connectivity index (χ2v) is 7.30. The lowest BCUT2D eigenvalue weighted by Gasteiger charge is -2.25. The molecule has 0 saturated carbocycles. The molecule has 1 atom stereocenters. The number of halogens is 1. The first-order valence-electron chi connectivity index (χ1n) is 10.4. The van der Waals surface area contributed by atoms with Gasteiger partial charge in [-0.3, -0.25) is 4.90 Å². The van der Waals surface area contributed by atoms with Gasteiger partial charge in [0.2, 0.25) is 0 Å². The van der Waals surface area contributed by atoms with E-state index < -0.39 is 0 Å². The number of guanidine groups is 1. The molecule has 0 amide bonds. The van der Waals surface area contributed by atoms with Gasteiger partial charge >= 0.3 is 0 Å². The average molecular weight is 524 g/mol. The summed E-state index contributed by atoms with van der Waals surface area (Å²) in [5.41, 5.74) is 2.10. The molecule has 0 radical (unpaired) electrons. The van der Waals surface area contributed by atoms with Crippen molar-refractivity contribution in [3.05, 3.63) is 59.7 Å². The summed E-state index contributed by atoms with van der Waals surface area (Å²) in [5.74, 6) is 1.39. The summed E-state index contributed by atoms with van der Waals surface area (Å²) < 4.78 is 5.18. The third-order valence-corrected chi connectivity index (χ3v) is 5.29. The van der Waals surface area contributed by atoms with Gasteiger partial charge in [-0.2, -0.15) is 0 Å². The van der Waals surface area contributed by atoms with Crippen LogP contribution in [0.25, 0.3) is 0 Å². The van der Waals surface area contributed by atoms with Crippen molar-refractivity contribution in [3.63, 3.8) is 0 Å². The van der Waals surface area contributed by atoms with E-state index in [1.54, 1.807) is 13.2 Å². The van der Waals surface area contributed by atoms with Crippen molar-refractivity contribution in [1.29, 1.82) is 0 Å². The number of likely N-dealkylation sites (tertiary alicyclic amines) is 1. The molecule has 7 heteroatoms. The van der Waals surface area contributed by atoms with Crippen molar-refractivity contribution in [2.45, 2.75) is 38.9 Å². The number of rotatable bonds is 8. The van der Waals surface area contributed by atoms with E-state index in [4.69, 9.17) is 4.74 Å². The quantitative estimate of drug-likeness (QED) is 0.279. The molecule has 3 rings (SSSR count). The second kappa shape index (κ2) is 12.6. The topological polar surface area (TPSA) is 69.1 Å². The van der Waals surface area contributed by atoms with Crippen LogP contribution in [-0.4, -0.2) is 48.8 Å². The molecule has 6 nitrogen and oxygen atoms in total. The number of nitrogens with zero attached hydrogens (tertiary/aromatic N) is 2. The normalized spacial score (nSPS) is 16.7. The third kappa shape index (κ3) is 6.77. The Morgan fingerprint density at radius 2 is 1.97 bits per heavy atom. The van der Waals surface area contributed by atoms with Crippen LogP contribution in [0.1, 0.15) is 30.9 Å². The monoisotopic (exact) mass is 524 g/mol.